The van der Waals surface area contributed by atoms with Gasteiger partial charge in [0.15, 0.2) is 5.69 Å². The van der Waals surface area contributed by atoms with E-state index in [0.29, 0.717) is 13.0 Å². The van der Waals surface area contributed by atoms with Crippen LogP contribution in [0.5, 0.6) is 0 Å². The van der Waals surface area contributed by atoms with Crippen LogP contribution in [-0.2, 0) is 24.8 Å². The van der Waals surface area contributed by atoms with Crippen molar-refractivity contribution in [1.29, 1.82) is 0 Å². The fourth-order valence-corrected chi connectivity index (χ4v) is 1.79. The summed E-state index contributed by atoms with van der Waals surface area (Å²) < 4.78 is 8.09. The van der Waals surface area contributed by atoms with Crippen molar-refractivity contribution in [1.82, 2.24) is 24.8 Å². The summed E-state index contributed by atoms with van der Waals surface area (Å²) in [5, 5.41) is 12.0. The second kappa shape index (κ2) is 4.99. The molecule has 2 aromatic rings. The predicted molar refractivity (Wildman–Crippen MR) is 63.0 cm³/mol. The molecule has 18 heavy (non-hydrogen) atoms. The van der Waals surface area contributed by atoms with Crippen LogP contribution in [0.25, 0.3) is 0 Å². The van der Waals surface area contributed by atoms with E-state index in [4.69, 9.17) is 0 Å². The molecule has 0 radical (unpaired) electrons. The monoisotopic (exact) mass is 249 g/mol. The first-order chi connectivity index (χ1) is 8.65. The molecule has 0 bridgehead atoms. The zero-order valence-corrected chi connectivity index (χ0v) is 10.6. The number of methoxy groups -OCH3 is 1. The van der Waals surface area contributed by atoms with Gasteiger partial charge in [-0.05, 0) is 6.42 Å². The number of carbonyl (C=O) groups excluding carboxylic acids is 1. The highest BCUT2D eigenvalue weighted by Crippen LogP contribution is 2.10. The van der Waals surface area contributed by atoms with Crippen LogP contribution in [0.3, 0.4) is 0 Å². The summed E-state index contributed by atoms with van der Waals surface area (Å²) in [6, 6.07) is 0. The SMILES string of the molecule is CCc1c(C(=O)OC)nnn1Cc1cnn(C)c1. The highest BCUT2D eigenvalue weighted by molar-refractivity contribution is 5.88. The second-order valence-electron chi connectivity index (χ2n) is 3.91. The lowest BCUT2D eigenvalue weighted by molar-refractivity contribution is 0.0592. The normalized spacial score (nSPS) is 10.6. The number of nitrogens with zero attached hydrogens (tertiary/aromatic N) is 5. The average Bonchev–Trinajstić information content (AvgIpc) is 2.95. The molecule has 0 spiro atoms. The Bertz CT molecular complexity index is 558. The summed E-state index contributed by atoms with van der Waals surface area (Å²) in [5.41, 5.74) is 2.06. The Morgan fingerprint density at radius 3 is 2.83 bits per heavy atom. The van der Waals surface area contributed by atoms with Crippen molar-refractivity contribution in [3.05, 3.63) is 29.3 Å². The van der Waals surface area contributed by atoms with E-state index >= 15 is 0 Å². The summed E-state index contributed by atoms with van der Waals surface area (Å²) in [6.45, 7) is 2.49. The second-order valence-corrected chi connectivity index (χ2v) is 3.91. The van der Waals surface area contributed by atoms with E-state index < -0.39 is 5.97 Å². The minimum Gasteiger partial charge on any atom is -0.464 e. The summed E-state index contributed by atoms with van der Waals surface area (Å²) in [4.78, 5) is 11.5. The lowest BCUT2D eigenvalue weighted by Gasteiger charge is -2.03. The van der Waals surface area contributed by atoms with E-state index in [2.05, 4.69) is 20.1 Å². The molecule has 7 nitrogen and oxygen atoms in total. The first-order valence-corrected chi connectivity index (χ1v) is 5.64. The van der Waals surface area contributed by atoms with Gasteiger partial charge in [0, 0.05) is 18.8 Å². The molecule has 7 heteroatoms. The van der Waals surface area contributed by atoms with Gasteiger partial charge in [0.05, 0.1) is 25.5 Å². The summed E-state index contributed by atoms with van der Waals surface area (Å²) in [6.07, 6.45) is 4.33. The lowest BCUT2D eigenvalue weighted by Crippen LogP contribution is -2.09. The number of hydrogen-bond acceptors (Lipinski definition) is 5. The van der Waals surface area contributed by atoms with E-state index in [1.807, 2.05) is 20.2 Å². The molecule has 0 fully saturated rings. The molecule has 0 aliphatic rings. The van der Waals surface area contributed by atoms with Gasteiger partial charge in [-0.15, -0.1) is 5.10 Å². The first kappa shape index (κ1) is 12.3. The number of esters is 1. The summed E-state index contributed by atoms with van der Waals surface area (Å²) in [5.74, 6) is -0.454. The van der Waals surface area contributed by atoms with E-state index in [1.54, 1.807) is 15.6 Å². The molecule has 0 aromatic carbocycles. The van der Waals surface area contributed by atoms with Crippen molar-refractivity contribution < 1.29 is 9.53 Å². The summed E-state index contributed by atoms with van der Waals surface area (Å²) >= 11 is 0. The van der Waals surface area contributed by atoms with Crippen LogP contribution in [-0.4, -0.2) is 37.9 Å². The average molecular weight is 249 g/mol. The standard InChI is InChI=1S/C11H15N5O2/c1-4-9-10(11(17)18-3)13-14-16(9)7-8-5-12-15(2)6-8/h5-6H,4,7H2,1-3H3. The van der Waals surface area contributed by atoms with Crippen molar-refractivity contribution in [2.24, 2.45) is 7.05 Å². The van der Waals surface area contributed by atoms with Crippen LogP contribution in [0, 0.1) is 0 Å². The topological polar surface area (TPSA) is 74.8 Å². The molecule has 2 heterocycles. The quantitative estimate of drug-likeness (QED) is 0.734. The molecular formula is C11H15N5O2. The number of hydrogen-bond donors (Lipinski definition) is 0. The number of aryl methyl sites for hydroxylation is 1. The molecule has 0 aliphatic carbocycles. The molecular weight excluding hydrogens is 234 g/mol. The van der Waals surface area contributed by atoms with Gasteiger partial charge in [-0.3, -0.25) is 4.68 Å². The largest absolute Gasteiger partial charge is 0.464 e. The Kier molecular flexibility index (Phi) is 3.40. The molecule has 96 valence electrons. The molecule has 0 atom stereocenters. The van der Waals surface area contributed by atoms with Gasteiger partial charge >= 0.3 is 5.97 Å². The minimum atomic E-state index is -0.454. The fourth-order valence-electron chi connectivity index (χ4n) is 1.79. The zero-order valence-electron chi connectivity index (χ0n) is 10.6. The van der Waals surface area contributed by atoms with Gasteiger partial charge in [-0.25, -0.2) is 9.48 Å². The van der Waals surface area contributed by atoms with Gasteiger partial charge in [0.2, 0.25) is 0 Å². The Balaban J connectivity index is 2.28. The first-order valence-electron chi connectivity index (χ1n) is 5.64. The highest BCUT2D eigenvalue weighted by Gasteiger charge is 2.19. The van der Waals surface area contributed by atoms with E-state index in [1.165, 1.54) is 7.11 Å². The van der Waals surface area contributed by atoms with E-state index in [0.717, 1.165) is 11.3 Å². The molecule has 0 amide bonds. The number of ether oxygens (including phenoxy) is 1. The minimum absolute atomic E-state index is 0.281. The number of rotatable bonds is 4. The smallest absolute Gasteiger partial charge is 0.360 e. The molecule has 0 unspecified atom stereocenters. The predicted octanol–water partition coefficient (Wildman–Crippen LogP) is 0.409. The maximum Gasteiger partial charge on any atom is 0.360 e. The van der Waals surface area contributed by atoms with Crippen LogP contribution < -0.4 is 0 Å². The zero-order chi connectivity index (χ0) is 13.1. The van der Waals surface area contributed by atoms with Gasteiger partial charge in [-0.2, -0.15) is 5.10 Å². The van der Waals surface area contributed by atoms with Crippen molar-refractivity contribution >= 4 is 5.97 Å². The fraction of sp³-hybridized carbons (Fsp3) is 0.455. The van der Waals surface area contributed by atoms with Crippen LogP contribution >= 0.6 is 0 Å². The van der Waals surface area contributed by atoms with E-state index in [-0.39, 0.29) is 5.69 Å². The van der Waals surface area contributed by atoms with Crippen molar-refractivity contribution in [3.63, 3.8) is 0 Å². The third kappa shape index (κ3) is 2.24. The molecule has 0 saturated heterocycles. The van der Waals surface area contributed by atoms with E-state index in [9.17, 15) is 4.79 Å². The van der Waals surface area contributed by atoms with Crippen LogP contribution in [0.1, 0.15) is 28.7 Å². The molecule has 2 aromatic heterocycles. The van der Waals surface area contributed by atoms with Crippen LogP contribution in [0.2, 0.25) is 0 Å². The van der Waals surface area contributed by atoms with Gasteiger partial charge in [0.25, 0.3) is 0 Å². The lowest BCUT2D eigenvalue weighted by atomic mass is 10.2. The maximum atomic E-state index is 11.5. The molecule has 2 rings (SSSR count). The third-order valence-corrected chi connectivity index (χ3v) is 2.64. The number of aromatic nitrogens is 5. The summed E-state index contributed by atoms with van der Waals surface area (Å²) in [7, 11) is 3.19. The molecule has 0 N–H and O–H groups in total. The Labute approximate surface area is 104 Å². The van der Waals surface area contributed by atoms with Crippen LogP contribution in [0.15, 0.2) is 12.4 Å². The Hall–Kier alpha value is -2.18. The van der Waals surface area contributed by atoms with Gasteiger partial charge in [-0.1, -0.05) is 12.1 Å². The van der Waals surface area contributed by atoms with Crippen molar-refractivity contribution in [2.45, 2.75) is 19.9 Å². The Morgan fingerprint density at radius 2 is 2.28 bits per heavy atom. The maximum absolute atomic E-state index is 11.5. The highest BCUT2D eigenvalue weighted by atomic mass is 16.5. The molecule has 0 aliphatic heterocycles. The number of carbonyl (C=O) groups is 1. The molecule has 0 saturated carbocycles. The van der Waals surface area contributed by atoms with Gasteiger partial charge in [0.1, 0.15) is 0 Å². The Morgan fingerprint density at radius 1 is 1.50 bits per heavy atom. The van der Waals surface area contributed by atoms with Crippen molar-refractivity contribution in [3.8, 4) is 0 Å². The van der Waals surface area contributed by atoms with Crippen molar-refractivity contribution in [2.75, 3.05) is 7.11 Å². The van der Waals surface area contributed by atoms with Crippen LogP contribution in [0.4, 0.5) is 0 Å². The van der Waals surface area contributed by atoms with Gasteiger partial charge < -0.3 is 4.74 Å². The third-order valence-electron chi connectivity index (χ3n) is 2.64.